The van der Waals surface area contributed by atoms with Gasteiger partial charge in [-0.1, -0.05) is 6.42 Å². The van der Waals surface area contributed by atoms with Gasteiger partial charge in [-0.2, -0.15) is 11.8 Å². The summed E-state index contributed by atoms with van der Waals surface area (Å²) in [7, 11) is 0. The summed E-state index contributed by atoms with van der Waals surface area (Å²) in [5, 5.41) is 12.1. The van der Waals surface area contributed by atoms with Gasteiger partial charge >= 0.3 is 5.97 Å². The van der Waals surface area contributed by atoms with Crippen LogP contribution < -0.4 is 5.32 Å². The van der Waals surface area contributed by atoms with Crippen LogP contribution >= 0.6 is 11.8 Å². The van der Waals surface area contributed by atoms with E-state index < -0.39 is 5.97 Å². The van der Waals surface area contributed by atoms with Gasteiger partial charge < -0.3 is 10.4 Å². The molecule has 1 saturated carbocycles. The number of rotatable bonds is 4. The molecule has 1 aliphatic carbocycles. The van der Waals surface area contributed by atoms with E-state index in [1.165, 1.54) is 12.8 Å². The molecule has 0 aromatic carbocycles. The molecule has 0 heterocycles. The van der Waals surface area contributed by atoms with Crippen molar-refractivity contribution in [1.29, 1.82) is 0 Å². The fourth-order valence-electron chi connectivity index (χ4n) is 1.66. The lowest BCUT2D eigenvalue weighted by Crippen LogP contribution is -2.37. The van der Waals surface area contributed by atoms with Crippen molar-refractivity contribution in [3.8, 4) is 0 Å². The topological polar surface area (TPSA) is 49.3 Å². The molecule has 0 aromatic rings. The normalized spacial score (nSPS) is 29.1. The van der Waals surface area contributed by atoms with Crippen LogP contribution in [0.1, 0.15) is 19.3 Å². The Labute approximate surface area is 76.9 Å². The summed E-state index contributed by atoms with van der Waals surface area (Å²) in [5.74, 6) is -0.762. The quantitative estimate of drug-likeness (QED) is 0.691. The van der Waals surface area contributed by atoms with Crippen molar-refractivity contribution < 1.29 is 9.90 Å². The average molecular weight is 189 g/mol. The van der Waals surface area contributed by atoms with Gasteiger partial charge in [-0.15, -0.1) is 0 Å². The summed E-state index contributed by atoms with van der Waals surface area (Å²) in [6.45, 7) is 0.0989. The highest BCUT2D eigenvalue weighted by molar-refractivity contribution is 7.99. The maximum absolute atomic E-state index is 10.3. The summed E-state index contributed by atoms with van der Waals surface area (Å²) >= 11 is 1.84. The fourth-order valence-corrected chi connectivity index (χ4v) is 2.62. The summed E-state index contributed by atoms with van der Waals surface area (Å²) in [4.78, 5) is 10.3. The third kappa shape index (κ3) is 2.68. The minimum atomic E-state index is -0.762. The van der Waals surface area contributed by atoms with Crippen molar-refractivity contribution in [2.24, 2.45) is 0 Å². The Kier molecular flexibility index (Phi) is 3.88. The largest absolute Gasteiger partial charge is 0.480 e. The van der Waals surface area contributed by atoms with E-state index in [9.17, 15) is 4.79 Å². The van der Waals surface area contributed by atoms with E-state index in [1.807, 2.05) is 11.8 Å². The van der Waals surface area contributed by atoms with Crippen LogP contribution in [-0.2, 0) is 4.79 Å². The molecule has 0 amide bonds. The van der Waals surface area contributed by atoms with Crippen molar-refractivity contribution in [3.05, 3.63) is 0 Å². The first-order valence-corrected chi connectivity index (χ1v) is 5.51. The molecule has 70 valence electrons. The molecule has 2 unspecified atom stereocenters. The molecule has 0 aromatic heterocycles. The van der Waals surface area contributed by atoms with E-state index >= 15 is 0 Å². The fraction of sp³-hybridized carbons (Fsp3) is 0.875. The zero-order chi connectivity index (χ0) is 8.97. The molecular weight excluding hydrogens is 174 g/mol. The van der Waals surface area contributed by atoms with Gasteiger partial charge in [0, 0.05) is 11.3 Å². The highest BCUT2D eigenvalue weighted by Gasteiger charge is 2.25. The molecule has 3 nitrogen and oxygen atoms in total. The standard InChI is InChI=1S/C8H15NO2S/c1-12-7-4-2-3-6(7)9-5-8(10)11/h6-7,9H,2-5H2,1H3,(H,10,11). The summed E-state index contributed by atoms with van der Waals surface area (Å²) in [5.41, 5.74) is 0. The van der Waals surface area contributed by atoms with Gasteiger partial charge in [-0.25, -0.2) is 0 Å². The molecule has 2 N–H and O–H groups in total. The molecular formula is C8H15NO2S. The second-order valence-electron chi connectivity index (χ2n) is 3.09. The molecule has 1 rings (SSSR count). The van der Waals surface area contributed by atoms with Crippen LogP contribution in [0.15, 0.2) is 0 Å². The zero-order valence-corrected chi connectivity index (χ0v) is 8.06. The third-order valence-corrected chi connectivity index (χ3v) is 3.44. The Morgan fingerprint density at radius 3 is 3.00 bits per heavy atom. The number of carboxylic acid groups (broad SMARTS) is 1. The maximum atomic E-state index is 10.3. The summed E-state index contributed by atoms with van der Waals surface area (Å²) < 4.78 is 0. The molecule has 1 aliphatic rings. The van der Waals surface area contributed by atoms with Gasteiger partial charge in [0.25, 0.3) is 0 Å². The molecule has 4 heteroatoms. The number of carbonyl (C=O) groups is 1. The predicted molar refractivity (Wildman–Crippen MR) is 50.6 cm³/mol. The van der Waals surface area contributed by atoms with Gasteiger partial charge in [0.15, 0.2) is 0 Å². The van der Waals surface area contributed by atoms with E-state index in [-0.39, 0.29) is 6.54 Å². The Bertz CT molecular complexity index is 163. The summed E-state index contributed by atoms with van der Waals surface area (Å²) in [6, 6.07) is 0.413. The lowest BCUT2D eigenvalue weighted by atomic mass is 10.2. The van der Waals surface area contributed by atoms with Crippen LogP contribution in [-0.4, -0.2) is 35.2 Å². The molecule has 0 bridgehead atoms. The maximum Gasteiger partial charge on any atom is 0.317 e. The van der Waals surface area contributed by atoms with Crippen LogP contribution in [0.4, 0.5) is 0 Å². The van der Waals surface area contributed by atoms with Gasteiger partial charge in [0.2, 0.25) is 0 Å². The Morgan fingerprint density at radius 2 is 2.42 bits per heavy atom. The number of aliphatic carboxylic acids is 1. The molecule has 1 fully saturated rings. The first-order valence-electron chi connectivity index (χ1n) is 4.22. The average Bonchev–Trinajstić information content (AvgIpc) is 2.47. The van der Waals surface area contributed by atoms with Crippen LogP contribution in [0.25, 0.3) is 0 Å². The molecule has 0 spiro atoms. The van der Waals surface area contributed by atoms with Crippen molar-refractivity contribution in [1.82, 2.24) is 5.32 Å². The van der Waals surface area contributed by atoms with Crippen LogP contribution in [0.5, 0.6) is 0 Å². The van der Waals surface area contributed by atoms with E-state index in [1.54, 1.807) is 0 Å². The molecule has 0 radical (unpaired) electrons. The number of thioether (sulfide) groups is 1. The second kappa shape index (κ2) is 4.72. The SMILES string of the molecule is CSC1CCCC1NCC(=O)O. The highest BCUT2D eigenvalue weighted by atomic mass is 32.2. The first kappa shape index (κ1) is 9.86. The molecule has 0 aliphatic heterocycles. The van der Waals surface area contributed by atoms with Crippen LogP contribution in [0, 0.1) is 0 Å². The molecule has 2 atom stereocenters. The second-order valence-corrected chi connectivity index (χ2v) is 4.16. The van der Waals surface area contributed by atoms with E-state index in [2.05, 4.69) is 11.6 Å². The minimum Gasteiger partial charge on any atom is -0.480 e. The lowest BCUT2D eigenvalue weighted by Gasteiger charge is -2.17. The monoisotopic (exact) mass is 189 g/mol. The number of hydrogen-bond acceptors (Lipinski definition) is 3. The lowest BCUT2D eigenvalue weighted by molar-refractivity contribution is -0.136. The van der Waals surface area contributed by atoms with Gasteiger partial charge in [0.1, 0.15) is 0 Å². The zero-order valence-electron chi connectivity index (χ0n) is 7.25. The third-order valence-electron chi connectivity index (χ3n) is 2.27. The molecule has 0 saturated heterocycles. The predicted octanol–water partition coefficient (Wildman–Crippen LogP) is 0.945. The summed E-state index contributed by atoms with van der Waals surface area (Å²) in [6.07, 6.45) is 5.66. The van der Waals surface area contributed by atoms with Gasteiger partial charge in [0.05, 0.1) is 6.54 Å². The van der Waals surface area contributed by atoms with Crippen molar-refractivity contribution in [3.63, 3.8) is 0 Å². The highest BCUT2D eigenvalue weighted by Crippen LogP contribution is 2.27. The minimum absolute atomic E-state index is 0.0989. The van der Waals surface area contributed by atoms with E-state index in [0.717, 1.165) is 6.42 Å². The smallest absolute Gasteiger partial charge is 0.317 e. The van der Waals surface area contributed by atoms with E-state index in [4.69, 9.17) is 5.11 Å². The van der Waals surface area contributed by atoms with Gasteiger partial charge in [-0.05, 0) is 19.1 Å². The molecule has 12 heavy (non-hydrogen) atoms. The van der Waals surface area contributed by atoms with Crippen LogP contribution in [0.2, 0.25) is 0 Å². The number of carboxylic acids is 1. The Balaban J connectivity index is 2.26. The van der Waals surface area contributed by atoms with E-state index in [0.29, 0.717) is 11.3 Å². The van der Waals surface area contributed by atoms with Crippen molar-refractivity contribution in [2.45, 2.75) is 30.6 Å². The van der Waals surface area contributed by atoms with Crippen molar-refractivity contribution >= 4 is 17.7 Å². The number of hydrogen-bond donors (Lipinski definition) is 2. The van der Waals surface area contributed by atoms with Crippen molar-refractivity contribution in [2.75, 3.05) is 12.8 Å². The Morgan fingerprint density at radius 1 is 1.67 bits per heavy atom. The van der Waals surface area contributed by atoms with Gasteiger partial charge in [-0.3, -0.25) is 4.79 Å². The Hall–Kier alpha value is -0.220. The van der Waals surface area contributed by atoms with Crippen LogP contribution in [0.3, 0.4) is 0 Å². The number of nitrogens with one attached hydrogen (secondary N) is 1. The first-order chi connectivity index (χ1) is 5.74.